The summed E-state index contributed by atoms with van der Waals surface area (Å²) in [5, 5.41) is 35.0. The monoisotopic (exact) mass is 467 g/mol. The van der Waals surface area contributed by atoms with Crippen LogP contribution in [0.25, 0.3) is 10.9 Å². The Balaban J connectivity index is 1.67. The first-order chi connectivity index (χ1) is 16.2. The molecule has 1 aliphatic rings. The molecule has 0 amide bonds. The average Bonchev–Trinajstić information content (AvgIpc) is 3.38. The maximum Gasteiger partial charge on any atom is 0.423 e. The summed E-state index contributed by atoms with van der Waals surface area (Å²) in [5.41, 5.74) is -1.48. The highest BCUT2D eigenvalue weighted by atomic mass is 16.6. The van der Waals surface area contributed by atoms with Gasteiger partial charge < -0.3 is 9.88 Å². The van der Waals surface area contributed by atoms with Gasteiger partial charge in [-0.2, -0.15) is 0 Å². The number of nitrogens with zero attached hydrogens (tertiary/aromatic N) is 4. The van der Waals surface area contributed by atoms with E-state index in [1.54, 1.807) is 6.07 Å². The Kier molecular flexibility index (Phi) is 6.07. The highest BCUT2D eigenvalue weighted by Gasteiger charge is 2.40. The van der Waals surface area contributed by atoms with Gasteiger partial charge in [-0.1, -0.05) is 6.07 Å². The quantitative estimate of drug-likeness (QED) is 0.295. The second kappa shape index (κ2) is 8.98. The predicted octanol–water partition coefficient (Wildman–Crippen LogP) is 3.95. The van der Waals surface area contributed by atoms with Crippen molar-refractivity contribution in [3.8, 4) is 0 Å². The van der Waals surface area contributed by atoms with Crippen LogP contribution in [0.1, 0.15) is 34.3 Å². The summed E-state index contributed by atoms with van der Waals surface area (Å²) >= 11 is 0. The summed E-state index contributed by atoms with van der Waals surface area (Å²) < 4.78 is 0. The van der Waals surface area contributed by atoms with E-state index in [1.807, 2.05) is 18.3 Å². The molecule has 0 spiro atoms. The third-order valence-corrected chi connectivity index (χ3v) is 6.32. The molecule has 0 aliphatic carbocycles. The molecule has 12 heteroatoms. The molecular weight excluding hydrogens is 446 g/mol. The smallest absolute Gasteiger partial charge is 0.361 e. The largest absolute Gasteiger partial charge is 0.423 e. The van der Waals surface area contributed by atoms with Gasteiger partial charge in [0.15, 0.2) is 5.78 Å². The maximum atomic E-state index is 13.0. The molecule has 1 fully saturated rings. The second-order valence-electron chi connectivity index (χ2n) is 8.38. The number of H-pyrrole nitrogens is 1. The predicted molar refractivity (Wildman–Crippen MR) is 122 cm³/mol. The normalized spacial score (nSPS) is 16.1. The van der Waals surface area contributed by atoms with E-state index in [0.29, 0.717) is 11.6 Å². The molecule has 4 rings (SSSR count). The first-order valence-corrected chi connectivity index (χ1v) is 10.6. The molecule has 176 valence electrons. The summed E-state index contributed by atoms with van der Waals surface area (Å²) in [6.07, 6.45) is 4.77. The first kappa shape index (κ1) is 23.0. The third kappa shape index (κ3) is 4.22. The topological polar surface area (TPSA) is 166 Å². The zero-order valence-corrected chi connectivity index (χ0v) is 18.2. The number of aromatic amines is 1. The summed E-state index contributed by atoms with van der Waals surface area (Å²) in [5.74, 6) is -0.739. The minimum Gasteiger partial charge on any atom is -0.361 e. The van der Waals surface area contributed by atoms with E-state index in [9.17, 15) is 35.1 Å². The summed E-state index contributed by atoms with van der Waals surface area (Å²) in [4.78, 5) is 49.2. The highest BCUT2D eigenvalue weighted by molar-refractivity contribution is 6.03. The lowest BCUT2D eigenvalue weighted by Gasteiger charge is -2.18. The van der Waals surface area contributed by atoms with Crippen LogP contribution >= 0.6 is 0 Å². The summed E-state index contributed by atoms with van der Waals surface area (Å²) in [6, 6.07) is 7.43. The van der Waals surface area contributed by atoms with Gasteiger partial charge in [-0.25, -0.2) is 0 Å². The molecule has 2 heterocycles. The van der Waals surface area contributed by atoms with Crippen LogP contribution < -0.4 is 0 Å². The number of likely N-dealkylation sites (tertiary alicyclic amines) is 1. The summed E-state index contributed by atoms with van der Waals surface area (Å²) in [6.45, 7) is 1.05. The Bertz CT molecular complexity index is 1330. The molecule has 3 aromatic rings. The van der Waals surface area contributed by atoms with Crippen LogP contribution in [0, 0.1) is 30.3 Å². The number of nitro benzene ring substituents is 3. The number of benzene rings is 2. The fraction of sp³-hybridized carbons (Fsp3) is 0.318. The number of fused-ring (bicyclic) bond motifs is 1. The van der Waals surface area contributed by atoms with Crippen LogP contribution in [-0.4, -0.2) is 50.1 Å². The van der Waals surface area contributed by atoms with Crippen LogP contribution in [0.5, 0.6) is 0 Å². The lowest BCUT2D eigenvalue weighted by molar-refractivity contribution is -0.441. The van der Waals surface area contributed by atoms with Gasteiger partial charge in [-0.3, -0.25) is 35.1 Å². The van der Waals surface area contributed by atoms with Gasteiger partial charge in [0, 0.05) is 35.6 Å². The number of nitro groups is 3. The lowest BCUT2D eigenvalue weighted by Crippen LogP contribution is -2.26. The van der Waals surface area contributed by atoms with Crippen molar-refractivity contribution in [3.63, 3.8) is 0 Å². The zero-order chi connectivity index (χ0) is 24.6. The molecule has 1 saturated heterocycles. The van der Waals surface area contributed by atoms with Crippen molar-refractivity contribution in [1.82, 2.24) is 9.88 Å². The van der Waals surface area contributed by atoms with Gasteiger partial charge in [0.1, 0.15) is 5.56 Å². The van der Waals surface area contributed by atoms with Crippen molar-refractivity contribution in [2.75, 3.05) is 13.6 Å². The molecule has 0 saturated carbocycles. The van der Waals surface area contributed by atoms with E-state index < -0.39 is 43.2 Å². The van der Waals surface area contributed by atoms with Crippen molar-refractivity contribution in [2.45, 2.75) is 31.7 Å². The number of carbonyl (C=O) groups excluding carboxylic acids is 1. The molecule has 1 unspecified atom stereocenters. The molecule has 0 radical (unpaired) electrons. The number of rotatable bonds is 8. The van der Waals surface area contributed by atoms with Crippen molar-refractivity contribution in [3.05, 3.63) is 83.6 Å². The van der Waals surface area contributed by atoms with Crippen LogP contribution in [0.4, 0.5) is 17.1 Å². The van der Waals surface area contributed by atoms with E-state index in [-0.39, 0.29) is 6.42 Å². The number of Topliss-reactive ketones (excluding diaryl/α,β-unsaturated/α-hetero) is 1. The highest BCUT2D eigenvalue weighted by Crippen LogP contribution is 2.39. The third-order valence-electron chi connectivity index (χ3n) is 6.32. The molecule has 1 aromatic heterocycles. The molecule has 34 heavy (non-hydrogen) atoms. The van der Waals surface area contributed by atoms with E-state index in [2.05, 4.69) is 16.9 Å². The Labute approximate surface area is 192 Å². The minimum absolute atomic E-state index is 0.250. The van der Waals surface area contributed by atoms with Gasteiger partial charge >= 0.3 is 17.1 Å². The van der Waals surface area contributed by atoms with E-state index in [1.165, 1.54) is 0 Å². The molecule has 12 nitrogen and oxygen atoms in total. The van der Waals surface area contributed by atoms with E-state index in [0.717, 1.165) is 54.4 Å². The summed E-state index contributed by atoms with van der Waals surface area (Å²) in [7, 11) is 2.09. The Morgan fingerprint density at radius 2 is 1.79 bits per heavy atom. The van der Waals surface area contributed by atoms with Crippen LogP contribution in [0.2, 0.25) is 0 Å². The van der Waals surface area contributed by atoms with Crippen molar-refractivity contribution < 1.29 is 19.6 Å². The molecule has 0 bridgehead atoms. The maximum absolute atomic E-state index is 13.0. The number of aromatic nitrogens is 1. The number of likely N-dealkylation sites (N-methyl/N-ethyl adjacent to an activating group) is 1. The van der Waals surface area contributed by atoms with Crippen molar-refractivity contribution >= 4 is 33.7 Å². The van der Waals surface area contributed by atoms with E-state index in [4.69, 9.17) is 0 Å². The van der Waals surface area contributed by atoms with Crippen molar-refractivity contribution in [2.24, 2.45) is 0 Å². The van der Waals surface area contributed by atoms with Crippen LogP contribution in [0.15, 0.2) is 36.5 Å². The van der Waals surface area contributed by atoms with Gasteiger partial charge in [0.05, 0.1) is 14.8 Å². The number of ketones is 1. The zero-order valence-electron chi connectivity index (χ0n) is 18.2. The molecule has 1 atom stereocenters. The number of nitrogens with one attached hydrogen (secondary N) is 1. The molecule has 1 N–H and O–H groups in total. The van der Waals surface area contributed by atoms with Crippen LogP contribution in [0.3, 0.4) is 0 Å². The SMILES string of the molecule is CN1CCCC1Cc1c[nH]c2ccc(CC(=O)c3ccc([N+](=O)[O-])c([N+](=O)[O-])c3[N+](=O)[O-])cc12. The molecular formula is C22H21N5O7. The van der Waals surface area contributed by atoms with E-state index >= 15 is 0 Å². The van der Waals surface area contributed by atoms with Crippen LogP contribution in [-0.2, 0) is 12.8 Å². The Morgan fingerprint density at radius 3 is 2.41 bits per heavy atom. The fourth-order valence-electron chi connectivity index (χ4n) is 4.58. The number of hydrogen-bond acceptors (Lipinski definition) is 8. The van der Waals surface area contributed by atoms with Gasteiger partial charge in [0.2, 0.25) is 0 Å². The Morgan fingerprint density at radius 1 is 1.06 bits per heavy atom. The lowest BCUT2D eigenvalue weighted by atomic mass is 9.97. The van der Waals surface area contributed by atoms with Gasteiger partial charge in [-0.05, 0) is 62.2 Å². The van der Waals surface area contributed by atoms with Gasteiger partial charge in [0.25, 0.3) is 0 Å². The van der Waals surface area contributed by atoms with Gasteiger partial charge in [-0.15, -0.1) is 0 Å². The Hall–Kier alpha value is -4.19. The first-order valence-electron chi connectivity index (χ1n) is 10.6. The molecule has 1 aliphatic heterocycles. The fourth-order valence-corrected chi connectivity index (χ4v) is 4.58. The molecule has 2 aromatic carbocycles. The minimum atomic E-state index is -1.30. The van der Waals surface area contributed by atoms with Crippen molar-refractivity contribution in [1.29, 1.82) is 0 Å². The number of carbonyl (C=O) groups is 1. The average molecular weight is 467 g/mol. The number of hydrogen-bond donors (Lipinski definition) is 1. The standard InChI is InChI=1S/C22H21N5O7/c1-24-8-2-3-15(24)11-14-12-23-18-6-4-13(9-17(14)18)10-20(28)16-5-7-19(25(29)30)22(27(33)34)21(16)26(31)32/h4-7,9,12,15,23H,2-3,8,10-11H2,1H3. The second-order valence-corrected chi connectivity index (χ2v) is 8.38.